The van der Waals surface area contributed by atoms with E-state index in [1.807, 2.05) is 0 Å². The first-order valence-electron chi connectivity index (χ1n) is 6.68. The first-order valence-corrected chi connectivity index (χ1v) is 7.45. The van der Waals surface area contributed by atoms with Gasteiger partial charge in [-0.15, -0.1) is 0 Å². The number of hydrogen-bond acceptors (Lipinski definition) is 6. The first kappa shape index (κ1) is 12.3. The summed E-state index contributed by atoms with van der Waals surface area (Å²) in [6.07, 6.45) is 2.55. The highest BCUT2D eigenvalue weighted by Gasteiger charge is 2.28. The van der Waals surface area contributed by atoms with E-state index < -0.39 is 0 Å². The Balaban J connectivity index is 1.63. The third kappa shape index (κ3) is 2.81. The number of nitrogens with one attached hydrogen (secondary N) is 1. The molecule has 1 aromatic rings. The van der Waals surface area contributed by atoms with Crippen LogP contribution >= 0.6 is 11.5 Å². The van der Waals surface area contributed by atoms with Crippen LogP contribution in [0.3, 0.4) is 0 Å². The molecule has 0 radical (unpaired) electrons. The van der Waals surface area contributed by atoms with Gasteiger partial charge in [0.15, 0.2) is 5.82 Å². The molecule has 3 rings (SSSR count). The van der Waals surface area contributed by atoms with Gasteiger partial charge in [-0.05, 0) is 26.7 Å². The Morgan fingerprint density at radius 1 is 1.44 bits per heavy atom. The van der Waals surface area contributed by atoms with Gasteiger partial charge in [-0.3, -0.25) is 4.90 Å². The Hall–Kier alpha value is -0.720. The summed E-state index contributed by atoms with van der Waals surface area (Å²) in [7, 11) is 0. The summed E-state index contributed by atoms with van der Waals surface area (Å²) in [5.41, 5.74) is 0. The molecule has 0 bridgehead atoms. The maximum atomic E-state index is 5.79. The largest absolute Gasteiger partial charge is 0.367 e. The summed E-state index contributed by atoms with van der Waals surface area (Å²) in [6, 6.07) is 1.18. The smallest absolute Gasteiger partial charge is 0.202 e. The highest BCUT2D eigenvalue weighted by molar-refractivity contribution is 7.09. The molecule has 2 aliphatic rings. The molecule has 1 saturated carbocycles. The van der Waals surface area contributed by atoms with Crippen molar-refractivity contribution in [2.45, 2.75) is 44.9 Å². The van der Waals surface area contributed by atoms with Crippen LogP contribution in [-0.2, 0) is 4.74 Å². The molecule has 0 amide bonds. The second-order valence-electron chi connectivity index (χ2n) is 5.32. The molecule has 1 aliphatic carbocycles. The molecule has 100 valence electrons. The van der Waals surface area contributed by atoms with Crippen LogP contribution in [0, 0.1) is 0 Å². The Labute approximate surface area is 112 Å². The van der Waals surface area contributed by atoms with Gasteiger partial charge in [0.1, 0.15) is 6.10 Å². The first-order chi connectivity index (χ1) is 8.72. The van der Waals surface area contributed by atoms with Crippen molar-refractivity contribution < 1.29 is 4.74 Å². The molecule has 1 unspecified atom stereocenters. The lowest BCUT2D eigenvalue weighted by Gasteiger charge is -2.34. The van der Waals surface area contributed by atoms with Crippen LogP contribution in [0.15, 0.2) is 0 Å². The minimum atomic E-state index is 0.0344. The number of rotatable bonds is 4. The van der Waals surface area contributed by atoms with Crippen molar-refractivity contribution in [2.75, 3.05) is 25.0 Å². The van der Waals surface area contributed by atoms with E-state index in [-0.39, 0.29) is 6.10 Å². The zero-order valence-corrected chi connectivity index (χ0v) is 11.7. The quantitative estimate of drug-likeness (QED) is 0.904. The maximum absolute atomic E-state index is 5.79. The van der Waals surface area contributed by atoms with Crippen molar-refractivity contribution in [2.24, 2.45) is 0 Å². The Kier molecular flexibility index (Phi) is 3.50. The van der Waals surface area contributed by atoms with E-state index in [9.17, 15) is 0 Å². The van der Waals surface area contributed by atoms with Crippen LogP contribution in [0.4, 0.5) is 5.13 Å². The van der Waals surface area contributed by atoms with Crippen molar-refractivity contribution in [1.82, 2.24) is 14.3 Å². The Morgan fingerprint density at radius 2 is 2.28 bits per heavy atom. The number of morpholine rings is 1. The van der Waals surface area contributed by atoms with E-state index in [0.29, 0.717) is 12.1 Å². The predicted octanol–water partition coefficient (Wildman–Crippen LogP) is 1.89. The number of hydrogen-bond donors (Lipinski definition) is 1. The summed E-state index contributed by atoms with van der Waals surface area (Å²) in [4.78, 5) is 6.97. The van der Waals surface area contributed by atoms with Gasteiger partial charge in [-0.2, -0.15) is 4.37 Å². The number of anilines is 1. The topological polar surface area (TPSA) is 50.3 Å². The summed E-state index contributed by atoms with van der Waals surface area (Å²) in [6.45, 7) is 7.12. The molecule has 0 aromatic carbocycles. The normalized spacial score (nSPS) is 25.6. The van der Waals surface area contributed by atoms with Crippen molar-refractivity contribution >= 4 is 16.7 Å². The lowest BCUT2D eigenvalue weighted by Crippen LogP contribution is -2.42. The minimum Gasteiger partial charge on any atom is -0.367 e. The monoisotopic (exact) mass is 268 g/mol. The second-order valence-corrected chi connectivity index (χ2v) is 6.08. The average molecular weight is 268 g/mol. The van der Waals surface area contributed by atoms with Gasteiger partial charge in [-0.25, -0.2) is 4.98 Å². The van der Waals surface area contributed by atoms with Crippen LogP contribution in [0.1, 0.15) is 38.6 Å². The fourth-order valence-electron chi connectivity index (χ4n) is 2.12. The van der Waals surface area contributed by atoms with Crippen molar-refractivity contribution in [1.29, 1.82) is 0 Å². The molecular weight excluding hydrogens is 248 g/mol. The lowest BCUT2D eigenvalue weighted by molar-refractivity contribution is -0.0437. The molecule has 1 saturated heterocycles. The molecule has 1 N–H and O–H groups in total. The van der Waals surface area contributed by atoms with Crippen LogP contribution in [0.2, 0.25) is 0 Å². The zero-order valence-electron chi connectivity index (χ0n) is 10.9. The van der Waals surface area contributed by atoms with E-state index >= 15 is 0 Å². The van der Waals surface area contributed by atoms with E-state index in [1.54, 1.807) is 0 Å². The van der Waals surface area contributed by atoms with Crippen LogP contribution < -0.4 is 5.32 Å². The van der Waals surface area contributed by atoms with Crippen LogP contribution in [-0.4, -0.2) is 46.0 Å². The number of ether oxygens (including phenoxy) is 1. The maximum Gasteiger partial charge on any atom is 0.202 e. The van der Waals surface area contributed by atoms with Crippen molar-refractivity contribution in [3.8, 4) is 0 Å². The molecule has 1 aliphatic heterocycles. The summed E-state index contributed by atoms with van der Waals surface area (Å²) < 4.78 is 10.2. The molecule has 1 atom stereocenters. The predicted molar refractivity (Wildman–Crippen MR) is 72.0 cm³/mol. The molecule has 2 heterocycles. The average Bonchev–Trinajstić information content (AvgIpc) is 3.05. The molecule has 0 spiro atoms. The van der Waals surface area contributed by atoms with Crippen LogP contribution in [0.5, 0.6) is 0 Å². The standard InChI is InChI=1S/C12H20N4OS/c1-8(2)16-5-6-17-10(7-16)11-14-12(18-15-11)13-9-3-4-9/h8-10H,3-7H2,1-2H3,(H,13,14,15). The van der Waals surface area contributed by atoms with E-state index in [2.05, 4.69) is 33.4 Å². The Morgan fingerprint density at radius 3 is 3.00 bits per heavy atom. The van der Waals surface area contributed by atoms with E-state index in [1.165, 1.54) is 24.4 Å². The summed E-state index contributed by atoms with van der Waals surface area (Å²) in [5.74, 6) is 0.841. The number of nitrogens with zero attached hydrogens (tertiary/aromatic N) is 3. The van der Waals surface area contributed by atoms with Gasteiger partial charge < -0.3 is 10.1 Å². The molecule has 6 heteroatoms. The Bertz CT molecular complexity index is 405. The number of aromatic nitrogens is 2. The minimum absolute atomic E-state index is 0.0344. The van der Waals surface area contributed by atoms with E-state index in [0.717, 1.165) is 30.7 Å². The SMILES string of the molecule is CC(C)N1CCOC(c2nsc(NC3CC3)n2)C1. The van der Waals surface area contributed by atoms with Gasteiger partial charge in [0.05, 0.1) is 6.61 Å². The molecule has 18 heavy (non-hydrogen) atoms. The van der Waals surface area contributed by atoms with E-state index in [4.69, 9.17) is 4.74 Å². The third-order valence-electron chi connectivity index (χ3n) is 3.46. The van der Waals surface area contributed by atoms with Gasteiger partial charge in [-0.1, -0.05) is 0 Å². The van der Waals surface area contributed by atoms with Crippen LogP contribution in [0.25, 0.3) is 0 Å². The lowest BCUT2D eigenvalue weighted by atomic mass is 10.2. The van der Waals surface area contributed by atoms with Gasteiger partial charge >= 0.3 is 0 Å². The van der Waals surface area contributed by atoms with Gasteiger partial charge in [0, 0.05) is 36.7 Å². The fraction of sp³-hybridized carbons (Fsp3) is 0.833. The van der Waals surface area contributed by atoms with Gasteiger partial charge in [0.25, 0.3) is 0 Å². The van der Waals surface area contributed by atoms with Crippen molar-refractivity contribution in [3.05, 3.63) is 5.82 Å². The van der Waals surface area contributed by atoms with Gasteiger partial charge in [0.2, 0.25) is 5.13 Å². The zero-order chi connectivity index (χ0) is 12.5. The molecular formula is C12H20N4OS. The summed E-state index contributed by atoms with van der Waals surface area (Å²) >= 11 is 1.45. The highest BCUT2D eigenvalue weighted by atomic mass is 32.1. The molecule has 5 nitrogen and oxygen atoms in total. The third-order valence-corrected chi connectivity index (χ3v) is 4.12. The summed E-state index contributed by atoms with van der Waals surface area (Å²) in [5, 5.41) is 4.33. The second kappa shape index (κ2) is 5.11. The highest BCUT2D eigenvalue weighted by Crippen LogP contribution is 2.28. The fourth-order valence-corrected chi connectivity index (χ4v) is 2.81. The molecule has 1 aromatic heterocycles. The van der Waals surface area contributed by atoms with Crippen molar-refractivity contribution in [3.63, 3.8) is 0 Å². The molecule has 2 fully saturated rings.